The molecule has 3 rings (SSSR count). The number of hydrogen-bond acceptors (Lipinski definition) is 2. The average molecular weight is 290 g/mol. The van der Waals surface area contributed by atoms with Crippen molar-refractivity contribution in [3.8, 4) is 0 Å². The van der Waals surface area contributed by atoms with Crippen LogP contribution in [0.3, 0.4) is 0 Å². The Morgan fingerprint density at radius 2 is 2.10 bits per heavy atom. The third kappa shape index (κ3) is 2.64. The molecule has 0 radical (unpaired) electrons. The van der Waals surface area contributed by atoms with Gasteiger partial charge in [-0.05, 0) is 43.9 Å². The van der Waals surface area contributed by atoms with E-state index in [2.05, 4.69) is 5.32 Å². The minimum absolute atomic E-state index is 0.127. The van der Waals surface area contributed by atoms with E-state index >= 15 is 0 Å². The van der Waals surface area contributed by atoms with Crippen molar-refractivity contribution in [2.75, 3.05) is 19.6 Å². The molecule has 5 heteroatoms. The fourth-order valence-corrected chi connectivity index (χ4v) is 3.39. The molecule has 2 heterocycles. The van der Waals surface area contributed by atoms with E-state index in [1.54, 1.807) is 17.0 Å². The standard InChI is InChI=1S/C16H19FN2O2/c17-13-4-1-3-12(11-13)14(20)19-9-2-5-16(7-10-19)6-8-18-15(16)21/h1,3-4,11H,2,5-10H2,(H,18,21)/t16-/m1/s1. The molecule has 0 aromatic heterocycles. The molecule has 1 aromatic carbocycles. The van der Waals surface area contributed by atoms with Gasteiger partial charge in [-0.3, -0.25) is 9.59 Å². The van der Waals surface area contributed by atoms with Crippen LogP contribution < -0.4 is 5.32 Å². The zero-order valence-electron chi connectivity index (χ0n) is 11.9. The number of amides is 2. The first-order valence-corrected chi connectivity index (χ1v) is 7.44. The third-order valence-corrected chi connectivity index (χ3v) is 4.67. The van der Waals surface area contributed by atoms with E-state index in [9.17, 15) is 14.0 Å². The maximum absolute atomic E-state index is 13.2. The molecule has 1 aromatic rings. The number of benzene rings is 1. The lowest BCUT2D eigenvalue weighted by Crippen LogP contribution is -2.35. The second kappa shape index (κ2) is 5.47. The third-order valence-electron chi connectivity index (χ3n) is 4.67. The first-order valence-electron chi connectivity index (χ1n) is 7.44. The van der Waals surface area contributed by atoms with Crippen LogP contribution in [-0.4, -0.2) is 36.3 Å². The van der Waals surface area contributed by atoms with Crippen LogP contribution >= 0.6 is 0 Å². The van der Waals surface area contributed by atoms with Crippen molar-refractivity contribution < 1.29 is 14.0 Å². The summed E-state index contributed by atoms with van der Waals surface area (Å²) in [6.07, 6.45) is 3.19. The molecular weight excluding hydrogens is 271 g/mol. The number of rotatable bonds is 1. The highest BCUT2D eigenvalue weighted by molar-refractivity contribution is 5.94. The van der Waals surface area contributed by atoms with Crippen LogP contribution in [0.15, 0.2) is 24.3 Å². The first kappa shape index (κ1) is 14.0. The lowest BCUT2D eigenvalue weighted by Gasteiger charge is -2.24. The normalized spacial score (nSPS) is 25.8. The van der Waals surface area contributed by atoms with Gasteiger partial charge in [0.1, 0.15) is 5.82 Å². The van der Waals surface area contributed by atoms with Crippen LogP contribution in [0.1, 0.15) is 36.0 Å². The van der Waals surface area contributed by atoms with Crippen LogP contribution in [0.2, 0.25) is 0 Å². The number of carbonyl (C=O) groups excluding carboxylic acids is 2. The fraction of sp³-hybridized carbons (Fsp3) is 0.500. The molecule has 1 N–H and O–H groups in total. The van der Waals surface area contributed by atoms with E-state index < -0.39 is 5.82 Å². The van der Waals surface area contributed by atoms with Crippen molar-refractivity contribution in [2.24, 2.45) is 5.41 Å². The summed E-state index contributed by atoms with van der Waals surface area (Å²) in [5.74, 6) is -0.421. The summed E-state index contributed by atoms with van der Waals surface area (Å²) in [5, 5.41) is 2.90. The lowest BCUT2D eigenvalue weighted by molar-refractivity contribution is -0.128. The highest BCUT2D eigenvalue weighted by Gasteiger charge is 2.43. The molecule has 2 aliphatic rings. The van der Waals surface area contributed by atoms with E-state index in [1.807, 2.05) is 0 Å². The lowest BCUT2D eigenvalue weighted by atomic mass is 9.79. The minimum Gasteiger partial charge on any atom is -0.356 e. The van der Waals surface area contributed by atoms with Gasteiger partial charge in [0.25, 0.3) is 5.91 Å². The van der Waals surface area contributed by atoms with Gasteiger partial charge in [0.05, 0.1) is 5.41 Å². The number of nitrogens with one attached hydrogen (secondary N) is 1. The van der Waals surface area contributed by atoms with Crippen molar-refractivity contribution in [3.63, 3.8) is 0 Å². The van der Waals surface area contributed by atoms with Gasteiger partial charge in [0.15, 0.2) is 0 Å². The minimum atomic E-state index is -0.401. The second-order valence-electron chi connectivity index (χ2n) is 5.94. The molecule has 2 aliphatic heterocycles. The number of carbonyl (C=O) groups is 2. The Kier molecular flexibility index (Phi) is 3.66. The number of halogens is 1. The maximum atomic E-state index is 13.2. The Balaban J connectivity index is 1.73. The predicted octanol–water partition coefficient (Wildman–Crippen LogP) is 1.96. The molecule has 0 saturated carbocycles. The van der Waals surface area contributed by atoms with Gasteiger partial charge in [0, 0.05) is 25.2 Å². The zero-order valence-corrected chi connectivity index (χ0v) is 11.9. The van der Waals surface area contributed by atoms with Crippen LogP contribution in [-0.2, 0) is 4.79 Å². The van der Waals surface area contributed by atoms with Gasteiger partial charge >= 0.3 is 0 Å². The van der Waals surface area contributed by atoms with Crippen LogP contribution in [0.25, 0.3) is 0 Å². The van der Waals surface area contributed by atoms with Crippen molar-refractivity contribution >= 4 is 11.8 Å². The van der Waals surface area contributed by atoms with E-state index in [1.165, 1.54) is 12.1 Å². The molecule has 4 nitrogen and oxygen atoms in total. The molecule has 112 valence electrons. The van der Waals surface area contributed by atoms with Crippen LogP contribution in [0.4, 0.5) is 4.39 Å². The largest absolute Gasteiger partial charge is 0.356 e. The Morgan fingerprint density at radius 1 is 1.24 bits per heavy atom. The molecule has 21 heavy (non-hydrogen) atoms. The molecule has 2 saturated heterocycles. The quantitative estimate of drug-likeness (QED) is 0.859. The molecule has 2 amide bonds. The van der Waals surface area contributed by atoms with Gasteiger partial charge in [-0.15, -0.1) is 0 Å². The van der Waals surface area contributed by atoms with Crippen LogP contribution in [0.5, 0.6) is 0 Å². The van der Waals surface area contributed by atoms with Gasteiger partial charge in [-0.2, -0.15) is 0 Å². The summed E-state index contributed by atoms with van der Waals surface area (Å²) in [6, 6.07) is 5.78. The molecule has 1 spiro atoms. The Bertz CT molecular complexity index is 575. The summed E-state index contributed by atoms with van der Waals surface area (Å²) >= 11 is 0. The van der Waals surface area contributed by atoms with E-state index in [4.69, 9.17) is 0 Å². The van der Waals surface area contributed by atoms with E-state index in [0.717, 1.165) is 25.8 Å². The van der Waals surface area contributed by atoms with Crippen molar-refractivity contribution in [3.05, 3.63) is 35.6 Å². The Morgan fingerprint density at radius 3 is 2.81 bits per heavy atom. The van der Waals surface area contributed by atoms with Crippen LogP contribution in [0, 0.1) is 11.2 Å². The predicted molar refractivity (Wildman–Crippen MR) is 76.2 cm³/mol. The Hall–Kier alpha value is -1.91. The molecule has 0 aliphatic carbocycles. The van der Waals surface area contributed by atoms with Crippen molar-refractivity contribution in [1.82, 2.24) is 10.2 Å². The van der Waals surface area contributed by atoms with E-state index in [0.29, 0.717) is 25.1 Å². The number of nitrogens with zero attached hydrogens (tertiary/aromatic N) is 1. The number of likely N-dealkylation sites (tertiary alicyclic amines) is 1. The van der Waals surface area contributed by atoms with E-state index in [-0.39, 0.29) is 17.2 Å². The smallest absolute Gasteiger partial charge is 0.253 e. The van der Waals surface area contributed by atoms with Crippen molar-refractivity contribution in [2.45, 2.75) is 25.7 Å². The molecule has 1 atom stereocenters. The van der Waals surface area contributed by atoms with Gasteiger partial charge < -0.3 is 10.2 Å². The summed E-state index contributed by atoms with van der Waals surface area (Å²) in [5.41, 5.74) is 0.0820. The van der Waals surface area contributed by atoms with Crippen molar-refractivity contribution in [1.29, 1.82) is 0 Å². The second-order valence-corrected chi connectivity index (χ2v) is 5.94. The molecule has 0 unspecified atom stereocenters. The summed E-state index contributed by atoms with van der Waals surface area (Å²) in [6.45, 7) is 1.92. The molecule has 0 bridgehead atoms. The topological polar surface area (TPSA) is 49.4 Å². The van der Waals surface area contributed by atoms with Gasteiger partial charge in [0.2, 0.25) is 5.91 Å². The first-order chi connectivity index (χ1) is 10.1. The monoisotopic (exact) mass is 290 g/mol. The zero-order chi connectivity index (χ0) is 14.9. The highest BCUT2D eigenvalue weighted by atomic mass is 19.1. The Labute approximate surface area is 123 Å². The molecule has 2 fully saturated rings. The molecular formula is C16H19FN2O2. The maximum Gasteiger partial charge on any atom is 0.253 e. The summed E-state index contributed by atoms with van der Waals surface area (Å²) in [4.78, 5) is 26.2. The highest BCUT2D eigenvalue weighted by Crippen LogP contribution is 2.38. The van der Waals surface area contributed by atoms with Gasteiger partial charge in [-0.25, -0.2) is 4.39 Å². The average Bonchev–Trinajstić information content (AvgIpc) is 2.71. The fourth-order valence-electron chi connectivity index (χ4n) is 3.39. The summed E-state index contributed by atoms with van der Waals surface area (Å²) < 4.78 is 13.2. The SMILES string of the molecule is O=C(c1cccc(F)c1)N1CCC[C@@]2(CCNC2=O)CC1. The number of hydrogen-bond donors (Lipinski definition) is 1. The van der Waals surface area contributed by atoms with Gasteiger partial charge in [-0.1, -0.05) is 6.07 Å². The summed E-state index contributed by atoms with van der Waals surface area (Å²) in [7, 11) is 0.